The first-order chi connectivity index (χ1) is 21.4. The maximum absolute atomic E-state index is 15.1. The molecule has 3 aliphatic carbocycles. The zero-order chi connectivity index (χ0) is 30.3. The Morgan fingerprint density at radius 2 is 1.86 bits per heavy atom. The minimum atomic E-state index is -0.890. The van der Waals surface area contributed by atoms with Gasteiger partial charge in [-0.15, -0.1) is 0 Å². The molecule has 230 valence electrons. The highest BCUT2D eigenvalue weighted by Gasteiger charge is 2.55. The van der Waals surface area contributed by atoms with Crippen LogP contribution in [0.15, 0.2) is 66.4 Å². The van der Waals surface area contributed by atoms with Crippen molar-refractivity contribution in [2.24, 2.45) is 17.3 Å². The van der Waals surface area contributed by atoms with Crippen LogP contribution in [0.5, 0.6) is 5.75 Å². The number of hydrogen-bond acceptors (Lipinski definition) is 7. The summed E-state index contributed by atoms with van der Waals surface area (Å²) in [6.45, 7) is 6.80. The van der Waals surface area contributed by atoms with Crippen LogP contribution < -0.4 is 15.0 Å². The van der Waals surface area contributed by atoms with Crippen LogP contribution in [0.2, 0.25) is 0 Å². The van der Waals surface area contributed by atoms with Gasteiger partial charge in [-0.3, -0.25) is 4.79 Å². The molecule has 4 fully saturated rings. The quantitative estimate of drug-likeness (QED) is 0.419. The molecule has 7 rings (SSSR count). The first-order valence-electron chi connectivity index (χ1n) is 16.2. The van der Waals surface area contributed by atoms with Crippen molar-refractivity contribution >= 4 is 11.7 Å². The average molecular weight is 597 g/mol. The molecule has 44 heavy (non-hydrogen) atoms. The Hall–Kier alpha value is -3.77. The lowest BCUT2D eigenvalue weighted by Crippen LogP contribution is -2.72. The SMILES string of the molecule is CC(=O)NC1CCC(CCN2CC3(C2)CN(c2ncncc2OC2(C4CC4)C=C(C#N)C(F)=CC2c2ccccc2)C3)CC1. The van der Waals surface area contributed by atoms with Crippen molar-refractivity contribution in [1.29, 1.82) is 5.26 Å². The minimum absolute atomic E-state index is 0.0284. The molecule has 0 bridgehead atoms. The van der Waals surface area contributed by atoms with Crippen molar-refractivity contribution in [1.82, 2.24) is 20.2 Å². The number of likely N-dealkylation sites (tertiary alicyclic amines) is 1. The molecule has 0 radical (unpaired) electrons. The van der Waals surface area contributed by atoms with Crippen LogP contribution in [0, 0.1) is 28.6 Å². The number of halogens is 1. The molecule has 1 aromatic carbocycles. The number of allylic oxidation sites excluding steroid dienone is 2. The van der Waals surface area contributed by atoms with Crippen molar-refractivity contribution in [3.05, 3.63) is 72.0 Å². The smallest absolute Gasteiger partial charge is 0.217 e. The number of rotatable bonds is 9. The predicted molar refractivity (Wildman–Crippen MR) is 165 cm³/mol. The summed E-state index contributed by atoms with van der Waals surface area (Å²) in [4.78, 5) is 25.2. The highest BCUT2D eigenvalue weighted by molar-refractivity contribution is 5.73. The van der Waals surface area contributed by atoms with E-state index in [2.05, 4.69) is 31.2 Å². The number of amides is 1. The molecule has 2 atom stereocenters. The third-order valence-electron chi connectivity index (χ3n) is 10.4. The van der Waals surface area contributed by atoms with Gasteiger partial charge in [-0.2, -0.15) is 5.26 Å². The summed E-state index contributed by atoms with van der Waals surface area (Å²) < 4.78 is 22.0. The Labute approximate surface area is 259 Å². The largest absolute Gasteiger partial charge is 0.476 e. The van der Waals surface area contributed by atoms with Crippen LogP contribution in [0.25, 0.3) is 0 Å². The molecule has 8 nitrogen and oxygen atoms in total. The van der Waals surface area contributed by atoms with E-state index in [1.807, 2.05) is 30.3 Å². The number of anilines is 1. The second-order valence-electron chi connectivity index (χ2n) is 13.8. The van der Waals surface area contributed by atoms with Gasteiger partial charge in [0, 0.05) is 56.4 Å². The van der Waals surface area contributed by atoms with Crippen molar-refractivity contribution in [3.63, 3.8) is 0 Å². The van der Waals surface area contributed by atoms with E-state index in [1.54, 1.807) is 31.6 Å². The Kier molecular flexibility index (Phi) is 7.65. The number of nitriles is 1. The van der Waals surface area contributed by atoms with Crippen molar-refractivity contribution in [2.75, 3.05) is 37.6 Å². The molecular formula is C35H41FN6O2. The third kappa shape index (κ3) is 5.61. The molecule has 9 heteroatoms. The first kappa shape index (κ1) is 29.0. The number of nitrogens with one attached hydrogen (secondary N) is 1. The van der Waals surface area contributed by atoms with Crippen LogP contribution >= 0.6 is 0 Å². The second kappa shape index (κ2) is 11.6. The number of hydrogen-bond donors (Lipinski definition) is 1. The van der Waals surface area contributed by atoms with Gasteiger partial charge in [0.05, 0.1) is 11.8 Å². The van der Waals surface area contributed by atoms with Gasteiger partial charge in [-0.1, -0.05) is 30.3 Å². The second-order valence-corrected chi connectivity index (χ2v) is 13.8. The fourth-order valence-corrected chi connectivity index (χ4v) is 8.17. The standard InChI is InChI=1S/C35H41FN6O2/c1-24(43)40-29-11-7-25(8-12-29)13-14-41-19-34(20-41)21-42(22-34)33-32(18-38-23-39-33)44-35(28-9-10-28)16-27(17-37)31(36)15-30(35)26-5-3-2-4-6-26/h2-6,15-16,18,23,25,28-30H,7-14,19-22H2,1H3,(H,40,43). The summed E-state index contributed by atoms with van der Waals surface area (Å²) in [6, 6.07) is 12.3. The highest BCUT2D eigenvalue weighted by atomic mass is 19.1. The van der Waals surface area contributed by atoms with Crippen molar-refractivity contribution in [3.8, 4) is 11.8 Å². The maximum atomic E-state index is 15.1. The van der Waals surface area contributed by atoms with E-state index in [0.717, 1.165) is 75.7 Å². The Morgan fingerprint density at radius 3 is 2.55 bits per heavy atom. The molecule has 2 saturated heterocycles. The summed E-state index contributed by atoms with van der Waals surface area (Å²) in [5.41, 5.74) is 0.384. The lowest BCUT2D eigenvalue weighted by molar-refractivity contribution is -0.119. The van der Waals surface area contributed by atoms with Gasteiger partial charge in [0.15, 0.2) is 11.6 Å². The monoisotopic (exact) mass is 596 g/mol. The average Bonchev–Trinajstić information content (AvgIpc) is 3.84. The molecule has 2 aliphatic heterocycles. The maximum Gasteiger partial charge on any atom is 0.217 e. The lowest BCUT2D eigenvalue weighted by Gasteiger charge is -2.61. The van der Waals surface area contributed by atoms with Crippen LogP contribution in [0.3, 0.4) is 0 Å². The van der Waals surface area contributed by atoms with E-state index in [-0.39, 0.29) is 28.7 Å². The molecular weight excluding hydrogens is 555 g/mol. The Balaban J connectivity index is 1.00. The fourth-order valence-electron chi connectivity index (χ4n) is 8.17. The van der Waals surface area contributed by atoms with E-state index in [4.69, 9.17) is 4.74 Å². The molecule has 2 saturated carbocycles. The Bertz CT molecular complexity index is 1480. The molecule has 1 N–H and O–H groups in total. The van der Waals surface area contributed by atoms with Crippen LogP contribution in [-0.4, -0.2) is 65.1 Å². The van der Waals surface area contributed by atoms with E-state index < -0.39 is 11.4 Å². The number of carbonyl (C=O) groups excluding carboxylic acids is 1. The number of aromatic nitrogens is 2. The zero-order valence-electron chi connectivity index (χ0n) is 25.4. The van der Waals surface area contributed by atoms with E-state index in [9.17, 15) is 10.1 Å². The van der Waals surface area contributed by atoms with Gasteiger partial charge < -0.3 is 19.9 Å². The van der Waals surface area contributed by atoms with Gasteiger partial charge in [0.2, 0.25) is 5.91 Å². The first-order valence-corrected chi connectivity index (χ1v) is 16.2. The summed E-state index contributed by atoms with van der Waals surface area (Å²) in [5.74, 6) is 1.50. The molecule has 2 unspecified atom stereocenters. The van der Waals surface area contributed by atoms with Gasteiger partial charge in [0.25, 0.3) is 0 Å². The predicted octanol–water partition coefficient (Wildman–Crippen LogP) is 5.31. The molecule has 1 aromatic heterocycles. The van der Waals surface area contributed by atoms with Gasteiger partial charge in [-0.05, 0) is 75.1 Å². The molecule has 5 aliphatic rings. The van der Waals surface area contributed by atoms with E-state index >= 15 is 4.39 Å². The Morgan fingerprint density at radius 1 is 1.11 bits per heavy atom. The number of benzene rings is 1. The van der Waals surface area contributed by atoms with Gasteiger partial charge in [-0.25, -0.2) is 14.4 Å². The normalized spacial score (nSPS) is 29.5. The summed E-state index contributed by atoms with van der Waals surface area (Å²) in [7, 11) is 0. The topological polar surface area (TPSA) is 94.4 Å². The summed E-state index contributed by atoms with van der Waals surface area (Å²) in [5, 5.41) is 12.8. The van der Waals surface area contributed by atoms with Crippen LogP contribution in [0.1, 0.15) is 63.4 Å². The summed E-state index contributed by atoms with van der Waals surface area (Å²) >= 11 is 0. The number of carbonyl (C=O) groups is 1. The van der Waals surface area contributed by atoms with Gasteiger partial charge in [0.1, 0.15) is 23.8 Å². The minimum Gasteiger partial charge on any atom is -0.476 e. The lowest BCUT2D eigenvalue weighted by atomic mass is 9.72. The number of ether oxygens (including phenoxy) is 1. The van der Waals surface area contributed by atoms with Crippen LogP contribution in [0.4, 0.5) is 10.2 Å². The molecule has 1 spiro atoms. The van der Waals surface area contributed by atoms with Crippen molar-refractivity contribution in [2.45, 2.75) is 69.4 Å². The fraction of sp³-hybridized carbons (Fsp3) is 0.543. The molecule has 2 aromatic rings. The molecule has 1 amide bonds. The van der Waals surface area contributed by atoms with Crippen molar-refractivity contribution < 1.29 is 13.9 Å². The molecule has 3 heterocycles. The summed E-state index contributed by atoms with van der Waals surface area (Å²) in [6.07, 6.45) is 14.3. The van der Waals surface area contributed by atoms with Gasteiger partial charge >= 0.3 is 0 Å². The highest BCUT2D eigenvalue weighted by Crippen LogP contribution is 2.55. The van der Waals surface area contributed by atoms with Crippen LogP contribution in [-0.2, 0) is 4.79 Å². The number of nitrogens with zero attached hydrogens (tertiary/aromatic N) is 5. The van der Waals surface area contributed by atoms with E-state index in [1.165, 1.54) is 19.3 Å². The zero-order valence-corrected chi connectivity index (χ0v) is 25.4. The third-order valence-corrected chi connectivity index (χ3v) is 10.4. The van der Waals surface area contributed by atoms with E-state index in [0.29, 0.717) is 11.8 Å².